The summed E-state index contributed by atoms with van der Waals surface area (Å²) in [5.41, 5.74) is 7.03. The van der Waals surface area contributed by atoms with Gasteiger partial charge in [-0.2, -0.15) is 0 Å². The molecule has 0 amide bonds. The number of nitrogens with zero attached hydrogens (tertiary/aromatic N) is 4. The Bertz CT molecular complexity index is 2910. The van der Waals surface area contributed by atoms with Gasteiger partial charge in [0.1, 0.15) is 5.71 Å². The number of rotatable bonds is 2. The molecule has 7 aromatic rings. The molecule has 2 aromatic heterocycles. The number of fused-ring (bicyclic) bond motifs is 12. The molecule has 0 aliphatic carbocycles. The summed E-state index contributed by atoms with van der Waals surface area (Å²) in [7, 11) is 0. The first-order chi connectivity index (χ1) is 25.2. The minimum Gasteiger partial charge on any atom is -0.393 e. The van der Waals surface area contributed by atoms with E-state index in [4.69, 9.17) is 0 Å². The SMILES string of the molecule is CC1=[N+]2C(=Cc3c4ccccc4c(C)n3[B-]2(F)F)c2cc3c(cc21)C1=Cc2c4ccccc4c(-c4ccccc4)n2[B-](F)(F)[N+]1=C3c1ccccc1. The smallest absolute Gasteiger partial charge is 0.393 e. The zero-order chi connectivity index (χ0) is 35.3. The highest BCUT2D eigenvalue weighted by atomic mass is 19.3. The van der Waals surface area contributed by atoms with Crippen LogP contribution in [-0.2, 0) is 0 Å². The highest BCUT2D eigenvalue weighted by Gasteiger charge is 2.58. The summed E-state index contributed by atoms with van der Waals surface area (Å²) in [6.45, 7) is -5.27. The lowest BCUT2D eigenvalue weighted by molar-refractivity contribution is -0.318. The Morgan fingerprint density at radius 2 is 0.962 bits per heavy atom. The summed E-state index contributed by atoms with van der Waals surface area (Å²) in [6.07, 6.45) is 3.69. The molecule has 0 saturated carbocycles. The van der Waals surface area contributed by atoms with E-state index >= 15 is 17.3 Å². The van der Waals surface area contributed by atoms with Crippen molar-refractivity contribution in [3.05, 3.63) is 166 Å². The Kier molecular flexibility index (Phi) is 5.57. The zero-order valence-corrected chi connectivity index (χ0v) is 28.2. The van der Waals surface area contributed by atoms with Crippen molar-refractivity contribution in [2.24, 2.45) is 0 Å². The zero-order valence-electron chi connectivity index (χ0n) is 28.2. The third-order valence-electron chi connectivity index (χ3n) is 11.5. The second kappa shape index (κ2) is 9.79. The lowest BCUT2D eigenvalue weighted by Crippen LogP contribution is -2.50. The average molecular weight is 686 g/mol. The summed E-state index contributed by atoms with van der Waals surface area (Å²) in [6, 6.07) is 37.3. The van der Waals surface area contributed by atoms with Gasteiger partial charge >= 0.3 is 13.9 Å². The van der Waals surface area contributed by atoms with Crippen LogP contribution in [0.25, 0.3) is 56.3 Å². The Balaban J connectivity index is 1.22. The number of hydrogen-bond acceptors (Lipinski definition) is 0. The highest BCUT2D eigenvalue weighted by molar-refractivity contribution is 6.61. The number of aromatic nitrogens is 2. The molecule has 10 heteroatoms. The van der Waals surface area contributed by atoms with E-state index < -0.39 is 13.9 Å². The third-order valence-corrected chi connectivity index (χ3v) is 11.5. The molecule has 0 atom stereocenters. The normalized spacial score (nSPS) is 17.4. The van der Waals surface area contributed by atoms with Crippen LogP contribution in [-0.4, -0.2) is 43.3 Å². The molecule has 0 spiro atoms. The van der Waals surface area contributed by atoms with E-state index in [1.807, 2.05) is 133 Å². The Hall–Kier alpha value is -6.15. The first-order valence-corrected chi connectivity index (χ1v) is 17.5. The molecule has 250 valence electrons. The van der Waals surface area contributed by atoms with Gasteiger partial charge < -0.3 is 35.2 Å². The number of halogens is 4. The average Bonchev–Trinajstić information content (AvgIpc) is 3.85. The maximum Gasteiger partial charge on any atom is 0.737 e. The number of benzene rings is 5. The summed E-state index contributed by atoms with van der Waals surface area (Å²) >= 11 is 0. The second-order valence-electron chi connectivity index (χ2n) is 14.1. The third kappa shape index (κ3) is 3.49. The molecule has 4 aliphatic rings. The molecule has 0 bridgehead atoms. The summed E-state index contributed by atoms with van der Waals surface area (Å²) < 4.78 is 74.3. The summed E-state index contributed by atoms with van der Waals surface area (Å²) in [5.74, 6) is 0. The van der Waals surface area contributed by atoms with Crippen molar-refractivity contribution in [3.8, 4) is 11.3 Å². The van der Waals surface area contributed by atoms with Crippen LogP contribution in [0, 0.1) is 6.92 Å². The van der Waals surface area contributed by atoms with Gasteiger partial charge in [0, 0.05) is 57.9 Å². The van der Waals surface area contributed by atoms with Crippen LogP contribution < -0.4 is 0 Å². The van der Waals surface area contributed by atoms with Crippen LogP contribution in [0.1, 0.15) is 51.8 Å². The quantitative estimate of drug-likeness (QED) is 0.127. The van der Waals surface area contributed by atoms with E-state index in [1.54, 1.807) is 13.8 Å². The van der Waals surface area contributed by atoms with Crippen molar-refractivity contribution in [1.29, 1.82) is 0 Å². The summed E-state index contributed by atoms with van der Waals surface area (Å²) in [5, 5.41) is 3.00. The fourth-order valence-corrected chi connectivity index (χ4v) is 9.40. The van der Waals surface area contributed by atoms with Crippen molar-refractivity contribution in [3.63, 3.8) is 0 Å². The van der Waals surface area contributed by atoms with Crippen molar-refractivity contribution >= 4 is 70.5 Å². The van der Waals surface area contributed by atoms with E-state index in [0.717, 1.165) is 26.0 Å². The molecule has 52 heavy (non-hydrogen) atoms. The van der Waals surface area contributed by atoms with Crippen LogP contribution in [0.5, 0.6) is 0 Å². The molecule has 0 radical (unpaired) electrons. The second-order valence-corrected chi connectivity index (χ2v) is 14.1. The van der Waals surface area contributed by atoms with E-state index in [1.165, 1.54) is 13.4 Å². The molecular formula is C42H28B2F4N4. The largest absolute Gasteiger partial charge is 0.737 e. The molecule has 0 fully saturated rings. The number of aryl methyl sites for hydroxylation is 1. The van der Waals surface area contributed by atoms with E-state index in [9.17, 15) is 0 Å². The van der Waals surface area contributed by atoms with Crippen LogP contribution in [0.3, 0.4) is 0 Å². The molecular weight excluding hydrogens is 658 g/mol. The molecule has 4 nitrogen and oxygen atoms in total. The molecule has 0 saturated heterocycles. The fourth-order valence-electron chi connectivity index (χ4n) is 9.40. The number of hydrogen-bond donors (Lipinski definition) is 0. The Morgan fingerprint density at radius 3 is 1.63 bits per heavy atom. The maximum atomic E-state index is 17.9. The Labute approximate surface area is 296 Å². The highest BCUT2D eigenvalue weighted by Crippen LogP contribution is 2.49. The standard InChI is InChI=1S/C42H28B2F4N4/c1-25-29-17-9-10-18-30(29)37-23-39-34-22-36-35(21-33(34)26(2)50(39)43(45,46)49(25)37)40-24-38-31-19-11-12-20-32(31)41(27-13-5-3-6-14-27)51(38)44(47,48)52(40)42(36)28-15-7-4-8-16-28/h3-24H,1-2H3. The van der Waals surface area contributed by atoms with Crippen LogP contribution in [0.15, 0.2) is 121 Å². The molecule has 6 heterocycles. The first-order valence-electron chi connectivity index (χ1n) is 17.5. The van der Waals surface area contributed by atoms with E-state index in [0.29, 0.717) is 79.0 Å². The van der Waals surface area contributed by atoms with Crippen LogP contribution in [0.2, 0.25) is 0 Å². The lowest BCUT2D eigenvalue weighted by Gasteiger charge is -2.31. The molecule has 0 unspecified atom stereocenters. The predicted molar refractivity (Wildman–Crippen MR) is 203 cm³/mol. The van der Waals surface area contributed by atoms with Crippen molar-refractivity contribution in [1.82, 2.24) is 8.96 Å². The summed E-state index contributed by atoms with van der Waals surface area (Å²) in [4.78, 5) is 0. The maximum absolute atomic E-state index is 17.9. The monoisotopic (exact) mass is 686 g/mol. The minimum atomic E-state index is -4.46. The van der Waals surface area contributed by atoms with Gasteiger partial charge in [-0.3, -0.25) is 0 Å². The molecule has 0 N–H and O–H groups in total. The topological polar surface area (TPSA) is 15.9 Å². The minimum absolute atomic E-state index is 0.353. The van der Waals surface area contributed by atoms with Gasteiger partial charge in [-0.05, 0) is 47.8 Å². The van der Waals surface area contributed by atoms with Gasteiger partial charge in [0.05, 0.1) is 22.3 Å². The Morgan fingerprint density at radius 1 is 0.481 bits per heavy atom. The van der Waals surface area contributed by atoms with Gasteiger partial charge in [-0.1, -0.05) is 97.1 Å². The van der Waals surface area contributed by atoms with E-state index in [-0.39, 0.29) is 0 Å². The van der Waals surface area contributed by atoms with Crippen molar-refractivity contribution in [2.75, 3.05) is 0 Å². The lowest BCUT2D eigenvalue weighted by atomic mass is 9.88. The van der Waals surface area contributed by atoms with Crippen LogP contribution in [0.4, 0.5) is 17.3 Å². The molecule has 4 aliphatic heterocycles. The van der Waals surface area contributed by atoms with E-state index in [2.05, 4.69) is 0 Å². The predicted octanol–water partition coefficient (Wildman–Crippen LogP) is 9.74. The molecule has 11 rings (SSSR count). The van der Waals surface area contributed by atoms with Crippen molar-refractivity contribution < 1.29 is 26.2 Å². The fraction of sp³-hybridized carbons (Fsp3) is 0.0476. The molecule has 5 aromatic carbocycles. The first kappa shape index (κ1) is 29.6. The van der Waals surface area contributed by atoms with Gasteiger partial charge in [0.25, 0.3) is 0 Å². The van der Waals surface area contributed by atoms with Gasteiger partial charge in [0.2, 0.25) is 0 Å². The van der Waals surface area contributed by atoms with Gasteiger partial charge in [-0.15, -0.1) is 0 Å². The van der Waals surface area contributed by atoms with Crippen LogP contribution >= 0.6 is 0 Å². The van der Waals surface area contributed by atoms with Gasteiger partial charge in [-0.25, -0.2) is 0 Å². The van der Waals surface area contributed by atoms with Gasteiger partial charge in [0.15, 0.2) is 17.1 Å². The van der Waals surface area contributed by atoms with Crippen molar-refractivity contribution in [2.45, 2.75) is 13.8 Å².